The first-order chi connectivity index (χ1) is 12.0. The zero-order valence-corrected chi connectivity index (χ0v) is 15.5. The molecule has 1 heterocycles. The van der Waals surface area contributed by atoms with E-state index in [4.69, 9.17) is 9.47 Å². The van der Waals surface area contributed by atoms with Gasteiger partial charge >= 0.3 is 12.1 Å². The first-order valence-electron chi connectivity index (χ1n) is 9.18. The minimum absolute atomic E-state index is 0.0473. The molecule has 25 heavy (non-hydrogen) atoms. The zero-order valence-electron chi connectivity index (χ0n) is 15.5. The Labute approximate surface area is 150 Å². The van der Waals surface area contributed by atoms with Gasteiger partial charge in [-0.2, -0.15) is 0 Å². The van der Waals surface area contributed by atoms with E-state index in [-0.39, 0.29) is 18.5 Å². The highest BCUT2D eigenvalue weighted by molar-refractivity contribution is 5.86. The molecule has 138 valence electrons. The summed E-state index contributed by atoms with van der Waals surface area (Å²) in [4.78, 5) is 27.3. The first-order valence-corrected chi connectivity index (χ1v) is 9.18. The molecule has 0 unspecified atom stereocenters. The molecule has 1 atom stereocenters. The van der Waals surface area contributed by atoms with Gasteiger partial charge in [-0.15, -0.1) is 0 Å². The van der Waals surface area contributed by atoms with Crippen LogP contribution in [0.15, 0.2) is 30.3 Å². The predicted molar refractivity (Wildman–Crippen MR) is 96.0 cm³/mol. The van der Waals surface area contributed by atoms with E-state index in [2.05, 4.69) is 0 Å². The molecule has 5 nitrogen and oxygen atoms in total. The lowest BCUT2D eigenvalue weighted by molar-refractivity contribution is -0.160. The molecule has 1 aliphatic rings. The van der Waals surface area contributed by atoms with Crippen molar-refractivity contribution in [3.05, 3.63) is 35.9 Å². The van der Waals surface area contributed by atoms with E-state index >= 15 is 0 Å². The van der Waals surface area contributed by atoms with Crippen molar-refractivity contribution in [1.82, 2.24) is 4.90 Å². The molecule has 2 rings (SSSR count). The monoisotopic (exact) mass is 347 g/mol. The Hall–Kier alpha value is -2.04. The van der Waals surface area contributed by atoms with Crippen molar-refractivity contribution in [3.8, 4) is 0 Å². The number of rotatable bonds is 5. The Morgan fingerprint density at radius 3 is 2.48 bits per heavy atom. The molecule has 0 aliphatic carbocycles. The standard InChI is InChI=1S/C20H29NO4/c1-4-24-18(22)20(16(2)3)13-9-6-10-14-21(20)19(23)25-15-17-11-7-5-8-12-17/h5,7-8,11-12,16H,4,6,9-10,13-15H2,1-3H3/t20-/m0/s1. The zero-order chi connectivity index (χ0) is 18.3. The van der Waals surface area contributed by atoms with Crippen LogP contribution in [0, 0.1) is 5.92 Å². The number of likely N-dealkylation sites (tertiary alicyclic amines) is 1. The maximum absolute atomic E-state index is 12.8. The van der Waals surface area contributed by atoms with E-state index in [1.807, 2.05) is 44.2 Å². The van der Waals surface area contributed by atoms with Gasteiger partial charge in [0, 0.05) is 6.54 Å². The van der Waals surface area contributed by atoms with Crippen LogP contribution in [-0.2, 0) is 20.9 Å². The quantitative estimate of drug-likeness (QED) is 0.751. The van der Waals surface area contributed by atoms with Crippen LogP contribution in [0.1, 0.15) is 52.0 Å². The smallest absolute Gasteiger partial charge is 0.411 e. The molecule has 1 amide bonds. The van der Waals surface area contributed by atoms with Gasteiger partial charge < -0.3 is 9.47 Å². The van der Waals surface area contributed by atoms with Crippen molar-refractivity contribution < 1.29 is 19.1 Å². The Bertz CT molecular complexity index is 572. The topological polar surface area (TPSA) is 55.8 Å². The largest absolute Gasteiger partial charge is 0.464 e. The maximum Gasteiger partial charge on any atom is 0.411 e. The molecule has 1 fully saturated rings. The summed E-state index contributed by atoms with van der Waals surface area (Å²) in [6.45, 7) is 6.76. The fraction of sp³-hybridized carbons (Fsp3) is 0.600. The van der Waals surface area contributed by atoms with Crippen LogP contribution in [0.3, 0.4) is 0 Å². The molecule has 0 saturated carbocycles. The molecule has 0 N–H and O–H groups in total. The number of carbonyl (C=O) groups is 2. The Morgan fingerprint density at radius 1 is 1.12 bits per heavy atom. The number of carbonyl (C=O) groups excluding carboxylic acids is 2. The summed E-state index contributed by atoms with van der Waals surface area (Å²) >= 11 is 0. The van der Waals surface area contributed by atoms with Crippen molar-refractivity contribution in [2.45, 2.75) is 58.6 Å². The van der Waals surface area contributed by atoms with Crippen molar-refractivity contribution in [2.75, 3.05) is 13.2 Å². The van der Waals surface area contributed by atoms with E-state index in [1.165, 1.54) is 0 Å². The Morgan fingerprint density at radius 2 is 1.84 bits per heavy atom. The maximum atomic E-state index is 12.8. The van der Waals surface area contributed by atoms with Crippen LogP contribution < -0.4 is 0 Å². The van der Waals surface area contributed by atoms with Gasteiger partial charge in [0.05, 0.1) is 6.61 Å². The average molecular weight is 347 g/mol. The molecule has 5 heteroatoms. The van der Waals surface area contributed by atoms with Gasteiger partial charge in [0.1, 0.15) is 12.1 Å². The van der Waals surface area contributed by atoms with Crippen LogP contribution in [-0.4, -0.2) is 35.7 Å². The number of esters is 1. The van der Waals surface area contributed by atoms with Crippen molar-refractivity contribution in [1.29, 1.82) is 0 Å². The first kappa shape index (κ1) is 19.3. The molecule has 1 aromatic carbocycles. The SMILES string of the molecule is CCOC(=O)[C@@]1(C(C)C)CCCCCN1C(=O)OCc1ccccc1. The lowest BCUT2D eigenvalue weighted by atomic mass is 9.81. The second-order valence-electron chi connectivity index (χ2n) is 6.80. The molecule has 1 saturated heterocycles. The predicted octanol–water partition coefficient (Wildman–Crippen LogP) is 4.16. The number of benzene rings is 1. The number of amides is 1. The van der Waals surface area contributed by atoms with Crippen LogP contribution >= 0.6 is 0 Å². The van der Waals surface area contributed by atoms with Gasteiger partial charge in [0.15, 0.2) is 0 Å². The molecule has 0 radical (unpaired) electrons. The van der Waals surface area contributed by atoms with E-state index in [9.17, 15) is 9.59 Å². The van der Waals surface area contributed by atoms with Gasteiger partial charge in [-0.1, -0.05) is 57.0 Å². The summed E-state index contributed by atoms with van der Waals surface area (Å²) in [5.74, 6) is -0.363. The molecule has 1 aromatic rings. The summed E-state index contributed by atoms with van der Waals surface area (Å²) in [7, 11) is 0. The van der Waals surface area contributed by atoms with Gasteiger partial charge in [0.2, 0.25) is 0 Å². The molecule has 1 aliphatic heterocycles. The highest BCUT2D eigenvalue weighted by Crippen LogP contribution is 2.36. The van der Waals surface area contributed by atoms with Crippen molar-refractivity contribution in [3.63, 3.8) is 0 Å². The third kappa shape index (κ3) is 4.33. The van der Waals surface area contributed by atoms with Gasteiger partial charge in [-0.3, -0.25) is 4.90 Å². The lowest BCUT2D eigenvalue weighted by Crippen LogP contribution is -2.60. The van der Waals surface area contributed by atoms with Crippen molar-refractivity contribution >= 4 is 12.1 Å². The number of hydrogen-bond acceptors (Lipinski definition) is 4. The van der Waals surface area contributed by atoms with E-state index in [1.54, 1.807) is 11.8 Å². The number of hydrogen-bond donors (Lipinski definition) is 0. The average Bonchev–Trinajstić information content (AvgIpc) is 2.84. The second-order valence-corrected chi connectivity index (χ2v) is 6.80. The van der Waals surface area contributed by atoms with E-state index in [0.29, 0.717) is 19.6 Å². The van der Waals surface area contributed by atoms with Crippen LogP contribution in [0.2, 0.25) is 0 Å². The minimum Gasteiger partial charge on any atom is -0.464 e. The van der Waals surface area contributed by atoms with Gasteiger partial charge in [0.25, 0.3) is 0 Å². The Balaban J connectivity index is 2.22. The fourth-order valence-corrected chi connectivity index (χ4v) is 3.53. The fourth-order valence-electron chi connectivity index (χ4n) is 3.53. The normalized spacial score (nSPS) is 20.9. The molecular formula is C20H29NO4. The molecule has 0 bridgehead atoms. The summed E-state index contributed by atoms with van der Waals surface area (Å²) in [5.41, 5.74) is -0.0164. The third-order valence-electron chi connectivity index (χ3n) is 4.93. The summed E-state index contributed by atoms with van der Waals surface area (Å²) < 4.78 is 10.9. The lowest BCUT2D eigenvalue weighted by Gasteiger charge is -2.42. The third-order valence-corrected chi connectivity index (χ3v) is 4.93. The highest BCUT2D eigenvalue weighted by atomic mass is 16.6. The molecule has 0 aromatic heterocycles. The highest BCUT2D eigenvalue weighted by Gasteiger charge is 2.51. The van der Waals surface area contributed by atoms with E-state index < -0.39 is 11.6 Å². The van der Waals surface area contributed by atoms with Gasteiger partial charge in [-0.25, -0.2) is 9.59 Å². The molecular weight excluding hydrogens is 318 g/mol. The van der Waals surface area contributed by atoms with Gasteiger partial charge in [-0.05, 0) is 31.2 Å². The number of nitrogens with zero attached hydrogens (tertiary/aromatic N) is 1. The van der Waals surface area contributed by atoms with Crippen LogP contribution in [0.25, 0.3) is 0 Å². The molecule has 0 spiro atoms. The number of ether oxygens (including phenoxy) is 2. The summed E-state index contributed by atoms with van der Waals surface area (Å²) in [5, 5.41) is 0. The Kier molecular flexibility index (Phi) is 6.85. The van der Waals surface area contributed by atoms with Crippen LogP contribution in [0.4, 0.5) is 4.79 Å². The minimum atomic E-state index is -0.944. The van der Waals surface area contributed by atoms with Crippen molar-refractivity contribution in [2.24, 2.45) is 5.92 Å². The van der Waals surface area contributed by atoms with E-state index in [0.717, 1.165) is 24.8 Å². The second kappa shape index (κ2) is 8.88. The van der Waals surface area contributed by atoms with Crippen LogP contribution in [0.5, 0.6) is 0 Å². The summed E-state index contributed by atoms with van der Waals surface area (Å²) in [6.07, 6.45) is 2.95. The summed E-state index contributed by atoms with van der Waals surface area (Å²) in [6, 6.07) is 9.57.